The number of nitrogens with one attached hydrogen (secondary N) is 1. The SMILES string of the molecule is O=[C-]NC(=O)[C-]1CCN(C=O)C1.[Y]. The van der Waals surface area contributed by atoms with E-state index in [0.717, 1.165) is 0 Å². The standard InChI is InChI=1S/C7H8N2O3.Y/c10-4-8-7(12)6-1-2-9(3-6)5-11;/h5H,1-3H2,(H,8,10,12);/q-2;. The summed E-state index contributed by atoms with van der Waals surface area (Å²) < 4.78 is 0. The maximum absolute atomic E-state index is 11.0. The molecule has 1 radical (unpaired) electrons. The predicted molar refractivity (Wildman–Crippen MR) is 39.3 cm³/mol. The Hall–Kier alpha value is -0.416. The van der Waals surface area contributed by atoms with Crippen LogP contribution in [-0.2, 0) is 47.1 Å². The zero-order chi connectivity index (χ0) is 8.97. The van der Waals surface area contributed by atoms with Crippen LogP contribution in [0.1, 0.15) is 6.42 Å². The number of rotatable bonds is 3. The topological polar surface area (TPSA) is 66.5 Å². The second-order valence-corrected chi connectivity index (χ2v) is 2.49. The summed E-state index contributed by atoms with van der Waals surface area (Å²) in [7, 11) is 0. The summed E-state index contributed by atoms with van der Waals surface area (Å²) in [5.41, 5.74) is 0. The number of likely N-dealkylation sites (tertiary alicyclic amines) is 1. The molecule has 1 aliphatic heterocycles. The van der Waals surface area contributed by atoms with Gasteiger partial charge in [0.25, 0.3) is 0 Å². The molecule has 13 heavy (non-hydrogen) atoms. The van der Waals surface area contributed by atoms with Crippen molar-refractivity contribution in [1.29, 1.82) is 0 Å². The van der Waals surface area contributed by atoms with E-state index in [9.17, 15) is 14.4 Å². The maximum atomic E-state index is 11.0. The van der Waals surface area contributed by atoms with Gasteiger partial charge in [-0.25, -0.2) is 0 Å². The predicted octanol–water partition coefficient (Wildman–Crippen LogP) is -1.40. The van der Waals surface area contributed by atoms with Crippen LogP contribution in [0.15, 0.2) is 0 Å². The first-order chi connectivity index (χ1) is 5.77. The van der Waals surface area contributed by atoms with Gasteiger partial charge in [0.1, 0.15) is 0 Å². The van der Waals surface area contributed by atoms with Crippen LogP contribution in [0.2, 0.25) is 0 Å². The largest absolute Gasteiger partial charge is 0.486 e. The quantitative estimate of drug-likeness (QED) is 0.384. The van der Waals surface area contributed by atoms with Crippen molar-refractivity contribution in [1.82, 2.24) is 10.2 Å². The van der Waals surface area contributed by atoms with Crippen LogP contribution >= 0.6 is 0 Å². The average molecular weight is 257 g/mol. The Morgan fingerprint density at radius 2 is 2.31 bits per heavy atom. The van der Waals surface area contributed by atoms with Crippen LogP contribution < -0.4 is 5.32 Å². The monoisotopic (exact) mass is 257 g/mol. The van der Waals surface area contributed by atoms with E-state index in [2.05, 4.69) is 0 Å². The third-order valence-corrected chi connectivity index (χ3v) is 1.73. The summed E-state index contributed by atoms with van der Waals surface area (Å²) in [5.74, 6) is 0.111. The molecule has 0 aromatic heterocycles. The molecule has 1 fully saturated rings. The number of amides is 3. The molecule has 5 nitrogen and oxygen atoms in total. The average Bonchev–Trinajstić information content (AvgIpc) is 2.52. The summed E-state index contributed by atoms with van der Waals surface area (Å²) in [5, 5.41) is 1.91. The van der Waals surface area contributed by atoms with Crippen molar-refractivity contribution in [2.24, 2.45) is 0 Å². The first-order valence-electron chi connectivity index (χ1n) is 3.49. The molecular formula is C7H8N2O3Y-2. The smallest absolute Gasteiger partial charge is 0.207 e. The van der Waals surface area contributed by atoms with Crippen LogP contribution in [0, 0.1) is 5.92 Å². The molecule has 1 saturated heterocycles. The fraction of sp³-hybridized carbons (Fsp3) is 0.429. The molecule has 0 aliphatic carbocycles. The van der Waals surface area contributed by atoms with Gasteiger partial charge in [-0.05, 0) is 6.54 Å². The van der Waals surface area contributed by atoms with Crippen LogP contribution in [0.3, 0.4) is 0 Å². The molecule has 1 heterocycles. The second-order valence-electron chi connectivity index (χ2n) is 2.49. The van der Waals surface area contributed by atoms with E-state index in [1.165, 1.54) is 11.3 Å². The van der Waals surface area contributed by atoms with Gasteiger partial charge in [-0.3, -0.25) is 4.79 Å². The van der Waals surface area contributed by atoms with E-state index in [1.54, 1.807) is 0 Å². The molecule has 1 rings (SSSR count). The fourth-order valence-corrected chi connectivity index (χ4v) is 1.09. The van der Waals surface area contributed by atoms with Crippen LogP contribution in [0.5, 0.6) is 0 Å². The molecule has 0 atom stereocenters. The van der Waals surface area contributed by atoms with Crippen molar-refractivity contribution in [3.8, 4) is 0 Å². The number of hydrogen-bond acceptors (Lipinski definition) is 3. The second kappa shape index (κ2) is 6.10. The van der Waals surface area contributed by atoms with E-state index >= 15 is 0 Å². The third-order valence-electron chi connectivity index (χ3n) is 1.73. The minimum Gasteiger partial charge on any atom is -0.486 e. The first-order valence-corrected chi connectivity index (χ1v) is 3.49. The van der Waals surface area contributed by atoms with Crippen LogP contribution in [0.25, 0.3) is 0 Å². The summed E-state index contributed by atoms with van der Waals surface area (Å²) in [4.78, 5) is 32.4. The minimum atomic E-state index is -0.436. The molecule has 0 unspecified atom stereocenters. The van der Waals surface area contributed by atoms with Gasteiger partial charge < -0.3 is 25.7 Å². The van der Waals surface area contributed by atoms with Gasteiger partial charge in [0.2, 0.25) is 6.41 Å². The summed E-state index contributed by atoms with van der Waals surface area (Å²) >= 11 is 0. The number of carbonyl (C=O) groups is 2. The van der Waals surface area contributed by atoms with Gasteiger partial charge >= 0.3 is 0 Å². The van der Waals surface area contributed by atoms with Gasteiger partial charge in [0.15, 0.2) is 0 Å². The molecule has 0 aromatic rings. The Kier molecular flexibility index (Phi) is 5.91. The molecule has 1 N–H and O–H groups in total. The number of carbonyl (C=O) groups excluding carboxylic acids is 3. The van der Waals surface area contributed by atoms with Gasteiger partial charge in [-0.15, -0.1) is 0 Å². The van der Waals surface area contributed by atoms with E-state index in [4.69, 9.17) is 0 Å². The van der Waals surface area contributed by atoms with Crippen LogP contribution in [-0.4, -0.2) is 36.7 Å². The molecule has 1 aliphatic rings. The number of nitrogens with zero attached hydrogens (tertiary/aromatic N) is 1. The molecule has 0 spiro atoms. The number of hydrogen-bond donors (Lipinski definition) is 1. The maximum Gasteiger partial charge on any atom is 0.207 e. The first kappa shape index (κ1) is 12.6. The van der Waals surface area contributed by atoms with Crippen molar-refractivity contribution >= 4 is 18.7 Å². The molecule has 3 amide bonds. The van der Waals surface area contributed by atoms with E-state index in [0.29, 0.717) is 31.8 Å². The van der Waals surface area contributed by atoms with Gasteiger partial charge in [-0.2, -0.15) is 6.42 Å². The zero-order valence-electron chi connectivity index (χ0n) is 6.95. The normalized spacial score (nSPS) is 14.8. The van der Waals surface area contributed by atoms with E-state index in [1.807, 2.05) is 5.32 Å². The van der Waals surface area contributed by atoms with E-state index < -0.39 is 5.91 Å². The van der Waals surface area contributed by atoms with Crippen LogP contribution in [0.4, 0.5) is 0 Å². The minimum absolute atomic E-state index is 0. The van der Waals surface area contributed by atoms with Gasteiger partial charge in [0, 0.05) is 32.7 Å². The van der Waals surface area contributed by atoms with Crippen molar-refractivity contribution in [3.63, 3.8) is 0 Å². The van der Waals surface area contributed by atoms with Crippen molar-refractivity contribution in [2.45, 2.75) is 6.42 Å². The molecule has 0 aromatic carbocycles. The van der Waals surface area contributed by atoms with Crippen molar-refractivity contribution in [3.05, 3.63) is 5.92 Å². The zero-order valence-corrected chi connectivity index (χ0v) is 9.79. The summed E-state index contributed by atoms with van der Waals surface area (Å²) in [6, 6.07) is 0. The van der Waals surface area contributed by atoms with E-state index in [-0.39, 0.29) is 32.7 Å². The Bertz CT molecular complexity index is 210. The summed E-state index contributed by atoms with van der Waals surface area (Å²) in [6.07, 6.45) is 2.52. The summed E-state index contributed by atoms with van der Waals surface area (Å²) in [6.45, 7) is 0.863. The Balaban J connectivity index is 0.00000144. The Labute approximate surface area is 101 Å². The number of imide groups is 1. The Morgan fingerprint density at radius 1 is 1.62 bits per heavy atom. The van der Waals surface area contributed by atoms with Gasteiger partial charge in [-0.1, -0.05) is 12.5 Å². The Morgan fingerprint density at radius 3 is 2.77 bits per heavy atom. The molecule has 0 saturated carbocycles. The molecular weight excluding hydrogens is 249 g/mol. The molecule has 0 bridgehead atoms. The third kappa shape index (κ3) is 3.44. The fourth-order valence-electron chi connectivity index (χ4n) is 1.09. The van der Waals surface area contributed by atoms with Crippen molar-refractivity contribution < 1.29 is 47.1 Å². The molecule has 69 valence electrons. The van der Waals surface area contributed by atoms with Crippen molar-refractivity contribution in [2.75, 3.05) is 13.1 Å². The van der Waals surface area contributed by atoms with Gasteiger partial charge in [0.05, 0.1) is 6.41 Å². The molecule has 6 heteroatoms.